The molecule has 136 valence electrons. The Bertz CT molecular complexity index is 859. The van der Waals surface area contributed by atoms with Crippen molar-refractivity contribution >= 4 is 34.5 Å². The Morgan fingerprint density at radius 2 is 1.77 bits per heavy atom. The third-order valence-corrected chi connectivity index (χ3v) is 6.19. The van der Waals surface area contributed by atoms with Gasteiger partial charge in [0.25, 0.3) is 0 Å². The number of thioether (sulfide) groups is 1. The number of halogens is 1. The fourth-order valence-electron chi connectivity index (χ4n) is 2.55. The Kier molecular flexibility index (Phi) is 6.35. The fourth-order valence-corrected chi connectivity index (χ4v) is 3.84. The second kappa shape index (κ2) is 8.53. The third kappa shape index (κ3) is 4.65. The first-order chi connectivity index (χ1) is 12.4. The molecule has 0 fully saturated rings. The highest BCUT2D eigenvalue weighted by Crippen LogP contribution is 2.27. The van der Waals surface area contributed by atoms with Gasteiger partial charge in [-0.3, -0.25) is 4.57 Å². The molecule has 0 aliphatic carbocycles. The lowest BCUT2D eigenvalue weighted by atomic mass is 10.2. The zero-order valence-corrected chi connectivity index (χ0v) is 17.4. The van der Waals surface area contributed by atoms with Gasteiger partial charge >= 0.3 is 0 Å². The summed E-state index contributed by atoms with van der Waals surface area (Å²) in [6, 6.07) is 15.5. The number of imidazole rings is 1. The quantitative estimate of drug-likeness (QED) is 0.504. The van der Waals surface area contributed by atoms with Crippen LogP contribution in [0.3, 0.4) is 0 Å². The maximum absolute atomic E-state index is 11.6. The topological polar surface area (TPSA) is 40.9 Å². The molecule has 3 rings (SSSR count). The molecule has 1 aromatic heterocycles. The molecule has 0 bridgehead atoms. The molecule has 1 heterocycles. The number of benzene rings is 2. The maximum Gasteiger partial charge on any atom is 0.152 e. The molecule has 0 radical (unpaired) electrons. The molecule has 3 aromatic rings. The summed E-state index contributed by atoms with van der Waals surface area (Å²) in [6.45, 7) is 4.37. The second-order valence-electron chi connectivity index (χ2n) is 6.24. The predicted molar refractivity (Wildman–Crippen MR) is 113 cm³/mol. The van der Waals surface area contributed by atoms with Crippen LogP contribution in [0.25, 0.3) is 17.1 Å². The smallest absolute Gasteiger partial charge is 0.152 e. The summed E-state index contributed by atoms with van der Waals surface area (Å²) >= 11 is 6.92. The van der Waals surface area contributed by atoms with Crippen molar-refractivity contribution in [2.24, 2.45) is 0 Å². The van der Waals surface area contributed by atoms with Gasteiger partial charge in [-0.05, 0) is 65.0 Å². The summed E-state index contributed by atoms with van der Waals surface area (Å²) in [5.41, 5.74) is 3.05. The second-order valence-corrected chi connectivity index (χ2v) is 9.62. The van der Waals surface area contributed by atoms with Crippen molar-refractivity contribution in [1.82, 2.24) is 9.55 Å². The first-order valence-corrected chi connectivity index (χ1v) is 11.3. The molecule has 3 nitrogen and oxygen atoms in total. The number of hydrogen-bond acceptors (Lipinski definition) is 3. The average molecular weight is 405 g/mol. The van der Waals surface area contributed by atoms with Gasteiger partial charge in [-0.25, -0.2) is 4.98 Å². The highest BCUT2D eigenvalue weighted by atomic mass is 35.5. The first-order valence-electron chi connectivity index (χ1n) is 8.33. The van der Waals surface area contributed by atoms with E-state index in [1.54, 1.807) is 6.26 Å². The standard InChI is InChI=1S/C20H21ClN2OS2/c1-14(2)25-13-17-12-23(18-8-10-19(11-9-18)26(3)24)20(22-17)15-4-6-16(21)7-5-15/h4-12,14H,13H2,1-3H3. The highest BCUT2D eigenvalue weighted by molar-refractivity contribution is 7.99. The third-order valence-electron chi connectivity index (χ3n) is 3.87. The van der Waals surface area contributed by atoms with Gasteiger partial charge < -0.3 is 4.55 Å². The first kappa shape index (κ1) is 19.4. The monoisotopic (exact) mass is 404 g/mol. The van der Waals surface area contributed by atoms with E-state index in [4.69, 9.17) is 16.6 Å². The van der Waals surface area contributed by atoms with E-state index in [2.05, 4.69) is 24.6 Å². The van der Waals surface area contributed by atoms with Crippen molar-refractivity contribution in [2.45, 2.75) is 29.7 Å². The van der Waals surface area contributed by atoms with Crippen LogP contribution in [0.4, 0.5) is 0 Å². The molecule has 0 aliphatic heterocycles. The Balaban J connectivity index is 2.02. The van der Waals surface area contributed by atoms with E-state index < -0.39 is 11.2 Å². The van der Waals surface area contributed by atoms with Crippen LogP contribution in [0.1, 0.15) is 19.5 Å². The van der Waals surface area contributed by atoms with E-state index in [0.29, 0.717) is 10.3 Å². The summed E-state index contributed by atoms with van der Waals surface area (Å²) in [4.78, 5) is 5.67. The molecule has 1 unspecified atom stereocenters. The van der Waals surface area contributed by atoms with Crippen molar-refractivity contribution in [1.29, 1.82) is 0 Å². The Labute approximate surface area is 167 Å². The summed E-state index contributed by atoms with van der Waals surface area (Å²) in [6.07, 6.45) is 3.77. The van der Waals surface area contributed by atoms with Gasteiger partial charge in [0.05, 0.1) is 5.69 Å². The van der Waals surface area contributed by atoms with Crippen LogP contribution < -0.4 is 0 Å². The van der Waals surface area contributed by atoms with Gasteiger partial charge in [0.2, 0.25) is 0 Å². The highest BCUT2D eigenvalue weighted by Gasteiger charge is 2.13. The number of hydrogen-bond donors (Lipinski definition) is 0. The van der Waals surface area contributed by atoms with Crippen LogP contribution in [0, 0.1) is 0 Å². The van der Waals surface area contributed by atoms with Crippen molar-refractivity contribution in [3.05, 3.63) is 65.4 Å². The van der Waals surface area contributed by atoms with Crippen LogP contribution in [0.2, 0.25) is 5.02 Å². The molecular weight excluding hydrogens is 384 g/mol. The van der Waals surface area contributed by atoms with Gasteiger partial charge in [0.1, 0.15) is 12.1 Å². The van der Waals surface area contributed by atoms with Crippen LogP contribution in [-0.2, 0) is 16.9 Å². The Hall–Kier alpha value is -1.40. The Morgan fingerprint density at radius 1 is 1.12 bits per heavy atom. The molecular formula is C20H21ClN2OS2. The van der Waals surface area contributed by atoms with Crippen LogP contribution in [0.15, 0.2) is 59.6 Å². The van der Waals surface area contributed by atoms with Crippen molar-refractivity contribution in [3.63, 3.8) is 0 Å². The minimum Gasteiger partial charge on any atom is -0.612 e. The van der Waals surface area contributed by atoms with Gasteiger partial charge in [0, 0.05) is 28.2 Å². The zero-order valence-electron chi connectivity index (χ0n) is 15.0. The summed E-state index contributed by atoms with van der Waals surface area (Å²) in [5, 5.41) is 1.26. The molecule has 0 saturated heterocycles. The lowest BCUT2D eigenvalue weighted by Gasteiger charge is -2.09. The predicted octanol–water partition coefficient (Wildman–Crippen LogP) is 5.57. The molecule has 26 heavy (non-hydrogen) atoms. The summed E-state index contributed by atoms with van der Waals surface area (Å²) in [7, 11) is 0. The molecule has 0 spiro atoms. The SMILES string of the molecule is CC(C)SCc1cn(-c2ccc([S+](C)[O-])cc2)c(-c2ccc(Cl)cc2)n1. The molecule has 1 atom stereocenters. The molecule has 0 aliphatic rings. The normalized spacial score (nSPS) is 12.5. The van der Waals surface area contributed by atoms with Crippen molar-refractivity contribution < 1.29 is 4.55 Å². The summed E-state index contributed by atoms with van der Waals surface area (Å²) < 4.78 is 13.7. The van der Waals surface area contributed by atoms with E-state index in [-0.39, 0.29) is 0 Å². The molecule has 2 aromatic carbocycles. The molecule has 0 N–H and O–H groups in total. The van der Waals surface area contributed by atoms with Crippen LogP contribution in [0.5, 0.6) is 0 Å². The molecule has 6 heteroatoms. The average Bonchev–Trinajstić information content (AvgIpc) is 3.05. The van der Waals surface area contributed by atoms with Crippen LogP contribution in [-0.4, -0.2) is 25.6 Å². The van der Waals surface area contributed by atoms with Crippen molar-refractivity contribution in [2.75, 3.05) is 6.26 Å². The minimum absolute atomic E-state index is 0.554. The number of nitrogens with zero attached hydrogens (tertiary/aromatic N) is 2. The summed E-state index contributed by atoms with van der Waals surface area (Å²) in [5.74, 6) is 1.74. The maximum atomic E-state index is 11.6. The van der Waals surface area contributed by atoms with Gasteiger partial charge in [-0.1, -0.05) is 25.4 Å². The number of rotatable bonds is 6. The molecule has 0 saturated carbocycles. The molecule has 0 amide bonds. The van der Waals surface area contributed by atoms with E-state index in [1.165, 1.54) is 0 Å². The Morgan fingerprint density at radius 3 is 2.35 bits per heavy atom. The van der Waals surface area contributed by atoms with E-state index in [1.807, 2.05) is 60.3 Å². The van der Waals surface area contributed by atoms with Gasteiger partial charge in [-0.2, -0.15) is 11.8 Å². The van der Waals surface area contributed by atoms with Gasteiger partial charge in [0.15, 0.2) is 4.90 Å². The van der Waals surface area contributed by atoms with E-state index in [0.717, 1.165) is 33.4 Å². The van der Waals surface area contributed by atoms with Gasteiger partial charge in [-0.15, -0.1) is 0 Å². The van der Waals surface area contributed by atoms with Crippen molar-refractivity contribution in [3.8, 4) is 17.1 Å². The largest absolute Gasteiger partial charge is 0.612 e. The lowest BCUT2D eigenvalue weighted by molar-refractivity contribution is 0.601. The zero-order chi connectivity index (χ0) is 18.7. The number of aromatic nitrogens is 2. The van der Waals surface area contributed by atoms with E-state index >= 15 is 0 Å². The van der Waals surface area contributed by atoms with Crippen LogP contribution >= 0.6 is 23.4 Å². The van der Waals surface area contributed by atoms with E-state index in [9.17, 15) is 4.55 Å². The fraction of sp³-hybridized carbons (Fsp3) is 0.250. The minimum atomic E-state index is -0.984. The lowest BCUT2D eigenvalue weighted by Crippen LogP contribution is -1.99.